The molecule has 1 aliphatic heterocycles. The van der Waals surface area contributed by atoms with Crippen LogP contribution in [0.5, 0.6) is 5.75 Å². The SMILES string of the molecule is COc1ccccc1N1C(=O)C[C@H](Nc2c(C)cccc2C)C1=O. The van der Waals surface area contributed by atoms with Crippen molar-refractivity contribution in [3.05, 3.63) is 53.6 Å². The Morgan fingerprint density at radius 3 is 2.38 bits per heavy atom. The summed E-state index contributed by atoms with van der Waals surface area (Å²) in [7, 11) is 1.52. The lowest BCUT2D eigenvalue weighted by molar-refractivity contribution is -0.121. The quantitative estimate of drug-likeness (QED) is 0.878. The van der Waals surface area contributed by atoms with E-state index in [1.807, 2.05) is 32.0 Å². The van der Waals surface area contributed by atoms with E-state index in [2.05, 4.69) is 5.32 Å². The number of carbonyl (C=O) groups excluding carboxylic acids is 2. The number of nitrogens with one attached hydrogen (secondary N) is 1. The molecule has 124 valence electrons. The molecular formula is C19H20N2O3. The number of rotatable bonds is 4. The number of imide groups is 1. The number of methoxy groups -OCH3 is 1. The smallest absolute Gasteiger partial charge is 0.256 e. The maximum Gasteiger partial charge on any atom is 0.256 e. The zero-order valence-electron chi connectivity index (χ0n) is 14.0. The van der Waals surface area contributed by atoms with Crippen molar-refractivity contribution in [3.63, 3.8) is 0 Å². The van der Waals surface area contributed by atoms with Crippen molar-refractivity contribution < 1.29 is 14.3 Å². The molecule has 1 fully saturated rings. The van der Waals surface area contributed by atoms with Gasteiger partial charge in [-0.2, -0.15) is 0 Å². The fourth-order valence-corrected chi connectivity index (χ4v) is 3.03. The summed E-state index contributed by atoms with van der Waals surface area (Å²) in [6.07, 6.45) is 0.130. The second-order valence-electron chi connectivity index (χ2n) is 5.91. The maximum atomic E-state index is 12.8. The molecule has 0 spiro atoms. The lowest BCUT2D eigenvalue weighted by Gasteiger charge is -2.19. The molecule has 0 radical (unpaired) electrons. The van der Waals surface area contributed by atoms with Crippen LogP contribution in [0.2, 0.25) is 0 Å². The van der Waals surface area contributed by atoms with E-state index in [0.717, 1.165) is 16.8 Å². The fraction of sp³-hybridized carbons (Fsp3) is 0.263. The highest BCUT2D eigenvalue weighted by Gasteiger charge is 2.40. The number of anilines is 2. The van der Waals surface area contributed by atoms with Crippen LogP contribution in [0, 0.1) is 13.8 Å². The van der Waals surface area contributed by atoms with Gasteiger partial charge in [-0.25, -0.2) is 4.90 Å². The number of hydrogen-bond acceptors (Lipinski definition) is 4. The monoisotopic (exact) mass is 324 g/mol. The summed E-state index contributed by atoms with van der Waals surface area (Å²) in [4.78, 5) is 26.4. The van der Waals surface area contributed by atoms with E-state index in [1.54, 1.807) is 24.3 Å². The number of nitrogens with zero attached hydrogens (tertiary/aromatic N) is 1. The highest BCUT2D eigenvalue weighted by Crippen LogP contribution is 2.33. The van der Waals surface area contributed by atoms with E-state index >= 15 is 0 Å². The Balaban J connectivity index is 1.90. The molecule has 0 bridgehead atoms. The molecule has 1 saturated heterocycles. The first-order valence-electron chi connectivity index (χ1n) is 7.85. The van der Waals surface area contributed by atoms with E-state index in [-0.39, 0.29) is 18.2 Å². The Kier molecular flexibility index (Phi) is 4.25. The predicted octanol–water partition coefficient (Wildman–Crippen LogP) is 3.06. The topological polar surface area (TPSA) is 58.6 Å². The summed E-state index contributed by atoms with van der Waals surface area (Å²) in [5, 5.41) is 3.24. The van der Waals surface area contributed by atoms with E-state index < -0.39 is 6.04 Å². The predicted molar refractivity (Wildman–Crippen MR) is 93.4 cm³/mol. The number of carbonyl (C=O) groups is 2. The lowest BCUT2D eigenvalue weighted by atomic mass is 10.1. The third-order valence-corrected chi connectivity index (χ3v) is 4.27. The average molecular weight is 324 g/mol. The van der Waals surface area contributed by atoms with Gasteiger partial charge in [-0.05, 0) is 37.1 Å². The summed E-state index contributed by atoms with van der Waals surface area (Å²) in [5.74, 6) is 0.0207. The minimum atomic E-state index is -0.567. The first-order valence-corrected chi connectivity index (χ1v) is 7.85. The number of aryl methyl sites for hydroxylation is 2. The number of amides is 2. The van der Waals surface area contributed by atoms with Crippen LogP contribution in [0.1, 0.15) is 17.5 Å². The van der Waals surface area contributed by atoms with Crippen LogP contribution in [0.4, 0.5) is 11.4 Å². The van der Waals surface area contributed by atoms with Gasteiger partial charge in [0, 0.05) is 5.69 Å². The van der Waals surface area contributed by atoms with Crippen LogP contribution in [-0.4, -0.2) is 25.0 Å². The molecular weight excluding hydrogens is 304 g/mol. The highest BCUT2D eigenvalue weighted by atomic mass is 16.5. The largest absolute Gasteiger partial charge is 0.495 e. The van der Waals surface area contributed by atoms with Crippen molar-refractivity contribution >= 4 is 23.2 Å². The average Bonchev–Trinajstić information content (AvgIpc) is 2.85. The Hall–Kier alpha value is -2.82. The van der Waals surface area contributed by atoms with Gasteiger partial charge in [-0.3, -0.25) is 9.59 Å². The second kappa shape index (κ2) is 6.35. The molecule has 0 unspecified atom stereocenters. The zero-order chi connectivity index (χ0) is 17.3. The van der Waals surface area contributed by atoms with Gasteiger partial charge in [0.15, 0.2) is 0 Å². The fourth-order valence-electron chi connectivity index (χ4n) is 3.03. The summed E-state index contributed by atoms with van der Waals surface area (Å²) < 4.78 is 5.28. The molecule has 24 heavy (non-hydrogen) atoms. The molecule has 2 aromatic rings. The van der Waals surface area contributed by atoms with Crippen molar-refractivity contribution in [3.8, 4) is 5.75 Å². The zero-order valence-corrected chi connectivity index (χ0v) is 14.0. The summed E-state index contributed by atoms with van der Waals surface area (Å²) in [6, 6.07) is 12.4. The van der Waals surface area contributed by atoms with Gasteiger partial charge in [-0.1, -0.05) is 30.3 Å². The van der Waals surface area contributed by atoms with Gasteiger partial charge in [-0.15, -0.1) is 0 Å². The number of para-hydroxylation sites is 3. The minimum Gasteiger partial charge on any atom is -0.495 e. The second-order valence-corrected chi connectivity index (χ2v) is 5.91. The molecule has 2 aromatic carbocycles. The molecule has 2 amide bonds. The van der Waals surface area contributed by atoms with Crippen molar-refractivity contribution in [1.82, 2.24) is 0 Å². The first-order chi connectivity index (χ1) is 11.5. The highest BCUT2D eigenvalue weighted by molar-refractivity contribution is 6.23. The molecule has 1 heterocycles. The van der Waals surface area contributed by atoms with Gasteiger partial charge in [0.25, 0.3) is 5.91 Å². The van der Waals surface area contributed by atoms with Gasteiger partial charge in [0.1, 0.15) is 11.8 Å². The van der Waals surface area contributed by atoms with E-state index in [0.29, 0.717) is 11.4 Å². The minimum absolute atomic E-state index is 0.130. The van der Waals surface area contributed by atoms with Crippen molar-refractivity contribution in [2.45, 2.75) is 26.3 Å². The van der Waals surface area contributed by atoms with E-state index in [9.17, 15) is 9.59 Å². The lowest BCUT2D eigenvalue weighted by Crippen LogP contribution is -2.35. The van der Waals surface area contributed by atoms with Crippen LogP contribution < -0.4 is 15.0 Å². The van der Waals surface area contributed by atoms with Crippen molar-refractivity contribution in [2.24, 2.45) is 0 Å². The van der Waals surface area contributed by atoms with Crippen molar-refractivity contribution in [1.29, 1.82) is 0 Å². The summed E-state index contributed by atoms with van der Waals surface area (Å²) in [6.45, 7) is 3.96. The number of benzene rings is 2. The molecule has 5 nitrogen and oxygen atoms in total. The number of hydrogen-bond donors (Lipinski definition) is 1. The van der Waals surface area contributed by atoms with E-state index in [4.69, 9.17) is 4.74 Å². The van der Waals surface area contributed by atoms with Crippen molar-refractivity contribution in [2.75, 3.05) is 17.3 Å². The third kappa shape index (κ3) is 2.73. The maximum absolute atomic E-state index is 12.8. The molecule has 0 aromatic heterocycles. The first kappa shape index (κ1) is 16.1. The molecule has 1 aliphatic rings. The Morgan fingerprint density at radius 1 is 1.04 bits per heavy atom. The van der Waals surface area contributed by atoms with Gasteiger partial charge in [0.2, 0.25) is 5.91 Å². The normalized spacial score (nSPS) is 17.3. The van der Waals surface area contributed by atoms with Crippen LogP contribution in [0.3, 0.4) is 0 Å². The standard InChI is InChI=1S/C19H20N2O3/c1-12-7-6-8-13(2)18(12)20-14-11-17(22)21(19(14)23)15-9-4-5-10-16(15)24-3/h4-10,14,20H,11H2,1-3H3/t14-/m0/s1. The molecule has 1 atom stereocenters. The van der Waals surface area contributed by atoms with Gasteiger partial charge in [0.05, 0.1) is 19.2 Å². The van der Waals surface area contributed by atoms with Crippen LogP contribution >= 0.6 is 0 Å². The Labute approximate surface area is 141 Å². The number of ether oxygens (including phenoxy) is 1. The van der Waals surface area contributed by atoms with Crippen LogP contribution in [0.25, 0.3) is 0 Å². The van der Waals surface area contributed by atoms with Crippen LogP contribution in [0.15, 0.2) is 42.5 Å². The molecule has 3 rings (SSSR count). The third-order valence-electron chi connectivity index (χ3n) is 4.27. The Bertz CT molecular complexity index is 781. The van der Waals surface area contributed by atoms with Crippen LogP contribution in [-0.2, 0) is 9.59 Å². The summed E-state index contributed by atoms with van der Waals surface area (Å²) >= 11 is 0. The summed E-state index contributed by atoms with van der Waals surface area (Å²) in [5.41, 5.74) is 3.49. The van der Waals surface area contributed by atoms with E-state index in [1.165, 1.54) is 12.0 Å². The van der Waals surface area contributed by atoms with Gasteiger partial charge >= 0.3 is 0 Å². The molecule has 5 heteroatoms. The molecule has 1 N–H and O–H groups in total. The molecule has 0 saturated carbocycles. The van der Waals surface area contributed by atoms with Gasteiger partial charge < -0.3 is 10.1 Å². The molecule has 0 aliphatic carbocycles. The Morgan fingerprint density at radius 2 is 1.71 bits per heavy atom.